The highest BCUT2D eigenvalue weighted by Crippen LogP contribution is 2.25. The smallest absolute Gasteiger partial charge is 0.323 e. The number of carbonyl (C=O) groups excluding carboxylic acids is 1. The van der Waals surface area contributed by atoms with Crippen molar-refractivity contribution < 1.29 is 14.1 Å². The fourth-order valence-electron chi connectivity index (χ4n) is 0.791. The minimum Gasteiger partial charge on any atom is -0.465 e. The lowest BCUT2D eigenvalue weighted by atomic mass is 10.4. The molecule has 0 saturated heterocycles. The molecule has 0 heterocycles. The molecular weight excluding hydrogens is 203 g/mol. The highest BCUT2D eigenvalue weighted by molar-refractivity contribution is 7.48. The van der Waals surface area contributed by atoms with E-state index in [9.17, 15) is 4.79 Å². The van der Waals surface area contributed by atoms with Crippen LogP contribution in [0, 0.1) is 0 Å². The number of ether oxygens (including phenoxy) is 1. The van der Waals surface area contributed by atoms with Gasteiger partial charge in [-0.25, -0.2) is 5.09 Å². The van der Waals surface area contributed by atoms with Crippen LogP contribution < -0.4 is 10.2 Å². The van der Waals surface area contributed by atoms with Crippen LogP contribution in [-0.2, 0) is 14.1 Å². The minimum atomic E-state index is -0.942. The summed E-state index contributed by atoms with van der Waals surface area (Å²) < 4.78 is 10.2. The van der Waals surface area contributed by atoms with E-state index in [1.165, 1.54) is 0 Å². The van der Waals surface area contributed by atoms with E-state index in [0.29, 0.717) is 13.2 Å². The summed E-state index contributed by atoms with van der Waals surface area (Å²) >= 11 is 0. The van der Waals surface area contributed by atoms with Crippen molar-refractivity contribution in [1.82, 2.24) is 10.2 Å². The number of hydrogen-bond acceptors (Lipinski definition) is 5. The molecule has 0 rings (SSSR count). The van der Waals surface area contributed by atoms with Crippen LogP contribution in [0.15, 0.2) is 0 Å². The van der Waals surface area contributed by atoms with E-state index >= 15 is 0 Å². The first kappa shape index (κ1) is 13.8. The van der Waals surface area contributed by atoms with Crippen molar-refractivity contribution in [2.45, 2.75) is 26.8 Å². The Kier molecular flexibility index (Phi) is 7.99. The van der Waals surface area contributed by atoms with Crippen molar-refractivity contribution in [3.63, 3.8) is 0 Å². The number of carbonyl (C=O) groups is 1. The standard InChI is InChI=1S/C8H19N2O3P/c1-5-12-8(11)7(3)10-14(9-4)13-6-2/h7,9-10H,5-6H2,1-4H3. The molecule has 0 aliphatic carbocycles. The third-order valence-electron chi connectivity index (χ3n) is 1.41. The highest BCUT2D eigenvalue weighted by Gasteiger charge is 2.18. The van der Waals surface area contributed by atoms with Gasteiger partial charge in [-0.1, -0.05) is 0 Å². The van der Waals surface area contributed by atoms with E-state index in [1.54, 1.807) is 20.9 Å². The summed E-state index contributed by atoms with van der Waals surface area (Å²) in [6.07, 6.45) is 0. The van der Waals surface area contributed by atoms with Crippen LogP contribution in [0.5, 0.6) is 0 Å². The van der Waals surface area contributed by atoms with E-state index < -0.39 is 8.45 Å². The molecule has 0 aromatic heterocycles. The Morgan fingerprint density at radius 2 is 2.07 bits per heavy atom. The van der Waals surface area contributed by atoms with Crippen LogP contribution in [0.4, 0.5) is 0 Å². The molecule has 2 atom stereocenters. The number of hydrogen-bond donors (Lipinski definition) is 2. The third-order valence-corrected chi connectivity index (χ3v) is 2.96. The molecule has 2 N–H and O–H groups in total. The van der Waals surface area contributed by atoms with Crippen LogP contribution in [-0.4, -0.2) is 32.3 Å². The van der Waals surface area contributed by atoms with Gasteiger partial charge in [0.15, 0.2) is 8.45 Å². The van der Waals surface area contributed by atoms with Gasteiger partial charge in [-0.05, 0) is 27.8 Å². The Morgan fingerprint density at radius 3 is 2.50 bits per heavy atom. The van der Waals surface area contributed by atoms with Crippen LogP contribution in [0.1, 0.15) is 20.8 Å². The zero-order valence-corrected chi connectivity index (χ0v) is 10.1. The van der Waals surface area contributed by atoms with Crippen molar-refractivity contribution in [3.05, 3.63) is 0 Å². The number of rotatable bonds is 7. The molecule has 0 aromatic carbocycles. The summed E-state index contributed by atoms with van der Waals surface area (Å²) in [4.78, 5) is 11.2. The molecule has 5 nitrogen and oxygen atoms in total. The van der Waals surface area contributed by atoms with Crippen LogP contribution in [0.3, 0.4) is 0 Å². The predicted octanol–water partition coefficient (Wildman–Crippen LogP) is 1.01. The van der Waals surface area contributed by atoms with E-state index in [4.69, 9.17) is 9.26 Å². The van der Waals surface area contributed by atoms with Gasteiger partial charge in [-0.3, -0.25) is 9.88 Å². The lowest BCUT2D eigenvalue weighted by Crippen LogP contribution is -2.34. The normalized spacial score (nSPS) is 14.9. The highest BCUT2D eigenvalue weighted by atomic mass is 31.2. The van der Waals surface area contributed by atoms with E-state index in [2.05, 4.69) is 10.2 Å². The molecule has 0 aliphatic heterocycles. The van der Waals surface area contributed by atoms with E-state index in [1.807, 2.05) is 6.92 Å². The molecule has 0 saturated carbocycles. The summed E-state index contributed by atoms with van der Waals surface area (Å²) in [5.74, 6) is -0.255. The monoisotopic (exact) mass is 222 g/mol. The number of nitrogens with one attached hydrogen (secondary N) is 2. The van der Waals surface area contributed by atoms with Gasteiger partial charge in [0.25, 0.3) is 0 Å². The van der Waals surface area contributed by atoms with Crippen molar-refractivity contribution in [2.24, 2.45) is 0 Å². The minimum absolute atomic E-state index is 0.255. The molecule has 0 radical (unpaired) electrons. The van der Waals surface area contributed by atoms with Gasteiger partial charge in [0.2, 0.25) is 0 Å². The maximum atomic E-state index is 11.2. The molecule has 0 fully saturated rings. The quantitative estimate of drug-likeness (QED) is 0.497. The lowest BCUT2D eigenvalue weighted by Gasteiger charge is -2.20. The first-order valence-corrected chi connectivity index (χ1v) is 5.94. The Morgan fingerprint density at radius 1 is 1.43 bits per heavy atom. The Hall–Kier alpha value is -0.220. The molecule has 0 aromatic rings. The summed E-state index contributed by atoms with van der Waals surface area (Å²) in [5.41, 5.74) is 0. The zero-order chi connectivity index (χ0) is 11.0. The zero-order valence-electron chi connectivity index (χ0n) is 9.16. The van der Waals surface area contributed by atoms with E-state index in [-0.39, 0.29) is 12.0 Å². The van der Waals surface area contributed by atoms with E-state index in [0.717, 1.165) is 0 Å². The Bertz CT molecular complexity index is 169. The van der Waals surface area contributed by atoms with Crippen molar-refractivity contribution in [1.29, 1.82) is 0 Å². The molecule has 0 spiro atoms. The van der Waals surface area contributed by atoms with Gasteiger partial charge in [0, 0.05) is 0 Å². The SMILES string of the molecule is CCOC(=O)C(C)NP(NC)OCC. The van der Waals surface area contributed by atoms with Gasteiger partial charge in [-0.15, -0.1) is 0 Å². The second-order valence-corrected chi connectivity index (χ2v) is 4.09. The third kappa shape index (κ3) is 5.50. The average molecular weight is 222 g/mol. The van der Waals surface area contributed by atoms with Crippen LogP contribution in [0.2, 0.25) is 0 Å². The molecule has 0 amide bonds. The molecular formula is C8H19N2O3P. The molecule has 14 heavy (non-hydrogen) atoms. The largest absolute Gasteiger partial charge is 0.465 e. The van der Waals surface area contributed by atoms with Gasteiger partial charge in [0.1, 0.15) is 6.04 Å². The van der Waals surface area contributed by atoms with Crippen molar-refractivity contribution in [3.8, 4) is 0 Å². The van der Waals surface area contributed by atoms with Gasteiger partial charge >= 0.3 is 5.97 Å². The molecule has 6 heteroatoms. The van der Waals surface area contributed by atoms with Crippen LogP contribution >= 0.6 is 8.45 Å². The van der Waals surface area contributed by atoms with Gasteiger partial charge < -0.3 is 9.26 Å². The molecule has 0 bridgehead atoms. The van der Waals surface area contributed by atoms with Gasteiger partial charge in [0.05, 0.1) is 13.2 Å². The fourth-order valence-corrected chi connectivity index (χ4v) is 1.84. The topological polar surface area (TPSA) is 59.6 Å². The van der Waals surface area contributed by atoms with Gasteiger partial charge in [-0.2, -0.15) is 0 Å². The average Bonchev–Trinajstić information content (AvgIpc) is 2.17. The van der Waals surface area contributed by atoms with Crippen molar-refractivity contribution in [2.75, 3.05) is 20.3 Å². The second-order valence-electron chi connectivity index (χ2n) is 2.54. The summed E-state index contributed by atoms with van der Waals surface area (Å²) in [6, 6.07) is -0.347. The first-order valence-electron chi connectivity index (χ1n) is 4.68. The first-order chi connectivity index (χ1) is 6.65. The summed E-state index contributed by atoms with van der Waals surface area (Å²) in [7, 11) is 0.842. The Balaban J connectivity index is 3.88. The molecule has 0 aliphatic rings. The van der Waals surface area contributed by atoms with Crippen LogP contribution in [0.25, 0.3) is 0 Å². The Labute approximate surface area is 86.5 Å². The molecule has 84 valence electrons. The second kappa shape index (κ2) is 8.12. The maximum absolute atomic E-state index is 11.2. The van der Waals surface area contributed by atoms with Crippen molar-refractivity contribution >= 4 is 14.4 Å². The summed E-state index contributed by atoms with van der Waals surface area (Å²) in [5, 5.41) is 5.96. The number of esters is 1. The fraction of sp³-hybridized carbons (Fsp3) is 0.875. The molecule has 2 unspecified atom stereocenters. The summed E-state index contributed by atoms with van der Waals surface area (Å²) in [6.45, 7) is 6.45. The lowest BCUT2D eigenvalue weighted by molar-refractivity contribution is -0.144. The maximum Gasteiger partial charge on any atom is 0.323 e. The predicted molar refractivity (Wildman–Crippen MR) is 56.8 cm³/mol.